The van der Waals surface area contributed by atoms with Crippen LogP contribution in [-0.2, 0) is 11.3 Å². The molecule has 1 amide bonds. The molecular weight excluding hydrogens is 402 g/mol. The lowest BCUT2D eigenvalue weighted by atomic mass is 9.97. The smallest absolute Gasteiger partial charge is 0.262 e. The number of ether oxygens (including phenoxy) is 2. The number of nitrogens with zero attached hydrogens (tertiary/aromatic N) is 2. The van der Waals surface area contributed by atoms with Crippen LogP contribution in [0.3, 0.4) is 0 Å². The van der Waals surface area contributed by atoms with E-state index in [1.54, 1.807) is 23.8 Å². The summed E-state index contributed by atoms with van der Waals surface area (Å²) in [5.41, 5.74) is 7.28. The fourth-order valence-electron chi connectivity index (χ4n) is 3.67. The number of hydrogen-bond donors (Lipinski definition) is 1. The molecule has 1 heterocycles. The molecule has 0 saturated heterocycles. The number of primary amides is 1. The van der Waals surface area contributed by atoms with Gasteiger partial charge in [0.1, 0.15) is 0 Å². The number of fused-ring (bicyclic) bond motifs is 1. The van der Waals surface area contributed by atoms with Crippen LogP contribution in [0, 0.1) is 0 Å². The minimum Gasteiger partial charge on any atom is -0.493 e. The summed E-state index contributed by atoms with van der Waals surface area (Å²) in [6.45, 7) is 2.41. The number of carbonyl (C=O) groups is 1. The normalized spacial score (nSPS) is 15.0. The second kappa shape index (κ2) is 10.0. The maximum atomic E-state index is 13.4. The summed E-state index contributed by atoms with van der Waals surface area (Å²) in [6, 6.07) is 3.36. The monoisotopic (exact) mass is 431 g/mol. The maximum Gasteiger partial charge on any atom is 0.262 e. The van der Waals surface area contributed by atoms with E-state index in [1.165, 1.54) is 37.3 Å². The Hall–Kier alpha value is -2.48. The number of carbonyl (C=O) groups excluding carboxylic acids is 1. The Morgan fingerprint density at radius 3 is 2.60 bits per heavy atom. The molecule has 8 heteroatoms. The molecule has 0 aliphatic heterocycles. The van der Waals surface area contributed by atoms with Crippen LogP contribution < -0.4 is 20.8 Å². The molecule has 0 saturated carbocycles. The lowest BCUT2D eigenvalue weighted by Gasteiger charge is -2.18. The number of rotatable bonds is 9. The Morgan fingerprint density at radius 1 is 1.27 bits per heavy atom. The molecule has 3 rings (SSSR count). The summed E-state index contributed by atoms with van der Waals surface area (Å²) >= 11 is 1.25. The first-order valence-electron chi connectivity index (χ1n) is 10.3. The molecule has 1 aromatic carbocycles. The molecule has 1 aromatic heterocycles. The summed E-state index contributed by atoms with van der Waals surface area (Å²) in [5.74, 6) is 0.569. The Bertz CT molecular complexity index is 1020. The van der Waals surface area contributed by atoms with Crippen molar-refractivity contribution in [3.8, 4) is 11.5 Å². The zero-order valence-corrected chi connectivity index (χ0v) is 18.6. The van der Waals surface area contributed by atoms with Crippen molar-refractivity contribution >= 4 is 28.6 Å². The van der Waals surface area contributed by atoms with Crippen molar-refractivity contribution in [2.75, 3.05) is 14.2 Å². The van der Waals surface area contributed by atoms with Crippen molar-refractivity contribution in [2.45, 2.75) is 62.4 Å². The average Bonchev–Trinajstić information content (AvgIpc) is 2.76. The summed E-state index contributed by atoms with van der Waals surface area (Å²) < 4.78 is 12.4. The van der Waals surface area contributed by atoms with Gasteiger partial charge in [-0.3, -0.25) is 14.2 Å². The van der Waals surface area contributed by atoms with Crippen molar-refractivity contribution in [1.29, 1.82) is 0 Å². The zero-order valence-electron chi connectivity index (χ0n) is 17.8. The Kier molecular flexibility index (Phi) is 7.42. The SMILES string of the molecule is CCC(Sc1nc2cc(OC)c(OC)cc2c(=O)n1CCC1=CCCCC1)C(N)=O. The Labute approximate surface area is 180 Å². The highest BCUT2D eigenvalue weighted by molar-refractivity contribution is 8.00. The minimum absolute atomic E-state index is 0.154. The maximum absolute atomic E-state index is 13.4. The van der Waals surface area contributed by atoms with E-state index in [2.05, 4.69) is 6.08 Å². The molecule has 1 aliphatic carbocycles. The third kappa shape index (κ3) is 4.80. The number of allylic oxidation sites excluding steroid dienone is 2. The van der Waals surface area contributed by atoms with Gasteiger partial charge < -0.3 is 15.2 Å². The van der Waals surface area contributed by atoms with Crippen molar-refractivity contribution in [3.63, 3.8) is 0 Å². The van der Waals surface area contributed by atoms with Crippen LogP contribution in [0.15, 0.2) is 33.7 Å². The second-order valence-electron chi connectivity index (χ2n) is 7.35. The first kappa shape index (κ1) is 22.2. The highest BCUT2D eigenvalue weighted by Gasteiger charge is 2.21. The number of benzene rings is 1. The van der Waals surface area contributed by atoms with Gasteiger partial charge in [-0.15, -0.1) is 0 Å². The van der Waals surface area contributed by atoms with E-state index < -0.39 is 11.2 Å². The molecule has 0 radical (unpaired) electrons. The lowest BCUT2D eigenvalue weighted by Crippen LogP contribution is -2.28. The molecule has 1 unspecified atom stereocenters. The number of nitrogens with two attached hydrogens (primary N) is 1. The number of amides is 1. The van der Waals surface area contributed by atoms with E-state index in [0.29, 0.717) is 40.5 Å². The number of aromatic nitrogens is 2. The topological polar surface area (TPSA) is 96.4 Å². The van der Waals surface area contributed by atoms with Gasteiger partial charge in [0, 0.05) is 12.6 Å². The van der Waals surface area contributed by atoms with E-state index in [4.69, 9.17) is 20.2 Å². The molecule has 1 aliphatic rings. The molecule has 0 fully saturated rings. The van der Waals surface area contributed by atoms with Crippen molar-refractivity contribution in [1.82, 2.24) is 9.55 Å². The van der Waals surface area contributed by atoms with Gasteiger partial charge in [0.15, 0.2) is 16.7 Å². The standard InChI is InChI=1S/C22H29N3O4S/c1-4-19(20(23)26)30-22-24-16-13-18(29-3)17(28-2)12-15(16)21(27)25(22)11-10-14-8-6-5-7-9-14/h8,12-13,19H,4-7,9-11H2,1-3H3,(H2,23,26). The first-order valence-corrected chi connectivity index (χ1v) is 11.2. The van der Waals surface area contributed by atoms with Crippen molar-refractivity contribution < 1.29 is 14.3 Å². The van der Waals surface area contributed by atoms with E-state index in [9.17, 15) is 9.59 Å². The van der Waals surface area contributed by atoms with E-state index >= 15 is 0 Å². The van der Waals surface area contributed by atoms with Gasteiger partial charge in [-0.05, 0) is 44.6 Å². The van der Waals surface area contributed by atoms with Crippen LogP contribution >= 0.6 is 11.8 Å². The Morgan fingerprint density at radius 2 is 2.00 bits per heavy atom. The van der Waals surface area contributed by atoms with Gasteiger partial charge in [0.2, 0.25) is 5.91 Å². The van der Waals surface area contributed by atoms with Crippen LogP contribution in [0.4, 0.5) is 0 Å². The highest BCUT2D eigenvalue weighted by atomic mass is 32.2. The molecule has 2 aromatic rings. The summed E-state index contributed by atoms with van der Waals surface area (Å²) in [7, 11) is 3.08. The molecule has 2 N–H and O–H groups in total. The molecule has 7 nitrogen and oxygen atoms in total. The van der Waals surface area contributed by atoms with E-state index in [-0.39, 0.29) is 5.56 Å². The molecular formula is C22H29N3O4S. The average molecular weight is 432 g/mol. The molecule has 162 valence electrons. The fourth-order valence-corrected chi connectivity index (χ4v) is 4.66. The van der Waals surface area contributed by atoms with Crippen LogP contribution in [0.1, 0.15) is 45.4 Å². The summed E-state index contributed by atoms with van der Waals surface area (Å²) in [6.07, 6.45) is 8.21. The fraction of sp³-hybridized carbons (Fsp3) is 0.500. The van der Waals surface area contributed by atoms with Gasteiger partial charge in [0.05, 0.1) is 30.4 Å². The summed E-state index contributed by atoms with van der Waals surface area (Å²) in [5, 5.41) is 0.512. The third-order valence-corrected chi connectivity index (χ3v) is 6.77. The predicted octanol–water partition coefficient (Wildman–Crippen LogP) is 3.66. The quantitative estimate of drug-likeness (QED) is 0.370. The minimum atomic E-state index is -0.449. The summed E-state index contributed by atoms with van der Waals surface area (Å²) in [4.78, 5) is 29.9. The largest absolute Gasteiger partial charge is 0.493 e. The lowest BCUT2D eigenvalue weighted by molar-refractivity contribution is -0.117. The Balaban J connectivity index is 2.09. The zero-order chi connectivity index (χ0) is 21.7. The van der Waals surface area contributed by atoms with Gasteiger partial charge in [-0.1, -0.05) is 30.3 Å². The van der Waals surface area contributed by atoms with Gasteiger partial charge in [0.25, 0.3) is 5.56 Å². The number of thioether (sulfide) groups is 1. The van der Waals surface area contributed by atoms with Crippen LogP contribution in [0.25, 0.3) is 10.9 Å². The van der Waals surface area contributed by atoms with Gasteiger partial charge in [-0.2, -0.15) is 0 Å². The van der Waals surface area contributed by atoms with E-state index in [0.717, 1.165) is 19.3 Å². The highest BCUT2D eigenvalue weighted by Crippen LogP contribution is 2.32. The predicted molar refractivity (Wildman–Crippen MR) is 119 cm³/mol. The molecule has 1 atom stereocenters. The van der Waals surface area contributed by atoms with Crippen LogP contribution in [-0.4, -0.2) is 34.9 Å². The van der Waals surface area contributed by atoms with Crippen LogP contribution in [0.2, 0.25) is 0 Å². The van der Waals surface area contributed by atoms with Gasteiger partial charge >= 0.3 is 0 Å². The van der Waals surface area contributed by atoms with Gasteiger partial charge in [-0.25, -0.2) is 4.98 Å². The van der Waals surface area contributed by atoms with Crippen molar-refractivity contribution in [3.05, 3.63) is 34.1 Å². The van der Waals surface area contributed by atoms with Crippen molar-refractivity contribution in [2.24, 2.45) is 5.73 Å². The second-order valence-corrected chi connectivity index (χ2v) is 8.52. The molecule has 0 spiro atoms. The van der Waals surface area contributed by atoms with Crippen LogP contribution in [0.5, 0.6) is 11.5 Å². The molecule has 30 heavy (non-hydrogen) atoms. The number of hydrogen-bond acceptors (Lipinski definition) is 6. The van der Waals surface area contributed by atoms with E-state index in [1.807, 2.05) is 6.92 Å². The number of methoxy groups -OCH3 is 2. The molecule has 0 bridgehead atoms. The third-order valence-electron chi connectivity index (χ3n) is 5.40. The first-order chi connectivity index (χ1) is 14.5.